The number of unbranched alkanes of at least 4 members (excludes halogenated alkanes) is 27. The molecule has 0 saturated carbocycles. The molecule has 0 aliphatic rings. The Morgan fingerprint density at radius 2 is 0.898 bits per heavy atom. The number of carboxylic acids is 1. The van der Waals surface area contributed by atoms with Gasteiger partial charge in [-0.2, -0.15) is 0 Å². The molecule has 0 aromatic heterocycles. The lowest BCUT2D eigenvalue weighted by molar-refractivity contribution is -0.161. The summed E-state index contributed by atoms with van der Waals surface area (Å²) in [5.41, 5.74) is 5.34. The summed E-state index contributed by atoms with van der Waals surface area (Å²) in [7, 11) is -4.72. The van der Waals surface area contributed by atoms with Gasteiger partial charge in [0, 0.05) is 12.8 Å². The molecule has 0 rings (SSSR count). The maximum Gasteiger partial charge on any atom is 0.472 e. The van der Waals surface area contributed by atoms with Gasteiger partial charge >= 0.3 is 25.7 Å². The number of rotatable bonds is 45. The number of esters is 2. The van der Waals surface area contributed by atoms with Crippen LogP contribution in [0.1, 0.15) is 226 Å². The first kappa shape index (κ1) is 57.0. The van der Waals surface area contributed by atoms with Crippen molar-refractivity contribution in [3.8, 4) is 0 Å². The molecule has 0 saturated heterocycles. The van der Waals surface area contributed by atoms with Crippen LogP contribution < -0.4 is 5.73 Å². The monoisotopic (exact) mass is 858 g/mol. The molecule has 4 N–H and O–H groups in total. The second-order valence-corrected chi connectivity index (χ2v) is 17.7. The van der Waals surface area contributed by atoms with Crippen molar-refractivity contribution in [1.29, 1.82) is 0 Å². The van der Waals surface area contributed by atoms with Gasteiger partial charge in [-0.15, -0.1) is 0 Å². The molecule has 0 bridgehead atoms. The number of carbonyl (C=O) groups is 3. The molecule has 0 aromatic carbocycles. The molecule has 11 nitrogen and oxygen atoms in total. The van der Waals surface area contributed by atoms with E-state index >= 15 is 0 Å². The molecular weight excluding hydrogens is 769 g/mol. The number of carbonyl (C=O) groups excluding carboxylic acids is 2. The highest BCUT2D eigenvalue weighted by molar-refractivity contribution is 7.47. The fourth-order valence-corrected chi connectivity index (χ4v) is 7.46. The molecule has 0 radical (unpaired) electrons. The molecule has 0 fully saturated rings. The van der Waals surface area contributed by atoms with Crippen molar-refractivity contribution in [1.82, 2.24) is 0 Å². The van der Waals surface area contributed by atoms with E-state index in [0.29, 0.717) is 12.8 Å². The van der Waals surface area contributed by atoms with Gasteiger partial charge in [-0.1, -0.05) is 192 Å². The highest BCUT2D eigenvalue weighted by atomic mass is 31.2. The zero-order valence-electron chi connectivity index (χ0n) is 37.6. The molecule has 0 spiro atoms. The van der Waals surface area contributed by atoms with Gasteiger partial charge in [0.1, 0.15) is 12.6 Å². The minimum atomic E-state index is -4.72. The van der Waals surface area contributed by atoms with Gasteiger partial charge in [0.15, 0.2) is 6.10 Å². The van der Waals surface area contributed by atoms with Crippen LogP contribution in [0.5, 0.6) is 0 Å². The normalized spacial score (nSPS) is 13.8. The van der Waals surface area contributed by atoms with Crippen LogP contribution in [0.25, 0.3) is 0 Å². The fourth-order valence-electron chi connectivity index (χ4n) is 6.68. The van der Waals surface area contributed by atoms with Crippen molar-refractivity contribution in [3.05, 3.63) is 24.3 Å². The van der Waals surface area contributed by atoms with Crippen LogP contribution in [0, 0.1) is 0 Å². The maximum absolute atomic E-state index is 12.7. The average Bonchev–Trinajstić information content (AvgIpc) is 3.21. The molecule has 0 aliphatic carbocycles. The third-order valence-corrected chi connectivity index (χ3v) is 11.4. The lowest BCUT2D eigenvalue weighted by Gasteiger charge is -2.20. The van der Waals surface area contributed by atoms with Gasteiger partial charge < -0.3 is 25.2 Å². The predicted molar refractivity (Wildman–Crippen MR) is 240 cm³/mol. The molecule has 0 amide bonds. The smallest absolute Gasteiger partial charge is 0.472 e. The summed E-state index contributed by atoms with van der Waals surface area (Å²) in [6.45, 7) is 2.80. The number of allylic oxidation sites excluding steroid dienone is 4. The summed E-state index contributed by atoms with van der Waals surface area (Å²) < 4.78 is 32.8. The summed E-state index contributed by atoms with van der Waals surface area (Å²) in [6.07, 6.45) is 45.2. The van der Waals surface area contributed by atoms with E-state index in [-0.39, 0.29) is 19.4 Å². The fraction of sp³-hybridized carbons (Fsp3) is 0.851. The zero-order chi connectivity index (χ0) is 43.5. The number of nitrogens with two attached hydrogens (primary N) is 1. The van der Waals surface area contributed by atoms with Gasteiger partial charge in [-0.25, -0.2) is 4.57 Å². The van der Waals surface area contributed by atoms with Crippen LogP contribution in [-0.4, -0.2) is 59.9 Å². The third-order valence-electron chi connectivity index (χ3n) is 10.5. The van der Waals surface area contributed by atoms with Crippen molar-refractivity contribution < 1.29 is 47.5 Å². The van der Waals surface area contributed by atoms with E-state index in [1.165, 1.54) is 128 Å². The summed E-state index contributed by atoms with van der Waals surface area (Å²) in [5, 5.41) is 8.90. The Labute approximate surface area is 360 Å². The molecule has 3 atom stereocenters. The summed E-state index contributed by atoms with van der Waals surface area (Å²) in [5.74, 6) is -2.37. The number of carboxylic acid groups (broad SMARTS) is 1. The molecule has 346 valence electrons. The quantitative estimate of drug-likeness (QED) is 0.0230. The first-order chi connectivity index (χ1) is 28.6. The third kappa shape index (κ3) is 42.4. The number of hydrogen-bond acceptors (Lipinski definition) is 9. The number of phosphoric acid groups is 1. The Bertz CT molecular complexity index is 1100. The van der Waals surface area contributed by atoms with Crippen LogP contribution >= 0.6 is 7.82 Å². The highest BCUT2D eigenvalue weighted by Crippen LogP contribution is 2.43. The largest absolute Gasteiger partial charge is 0.480 e. The number of aliphatic carboxylic acids is 1. The SMILES string of the molecule is CCCCC/C=C\C/C=C\CCCCCCCCCC(=O)O[C@H](COC(=O)CCCCCCCCCCCCCCCCCCCC)COP(=O)(O)OC[C@H](N)C(=O)O. The van der Waals surface area contributed by atoms with Gasteiger partial charge in [0.05, 0.1) is 13.2 Å². The molecule has 1 unspecified atom stereocenters. The van der Waals surface area contributed by atoms with Crippen LogP contribution in [0.2, 0.25) is 0 Å². The van der Waals surface area contributed by atoms with Gasteiger partial charge in [0.25, 0.3) is 0 Å². The minimum absolute atomic E-state index is 0.155. The van der Waals surface area contributed by atoms with Gasteiger partial charge in [-0.05, 0) is 44.9 Å². The predicted octanol–water partition coefficient (Wildman–Crippen LogP) is 13.0. The lowest BCUT2D eigenvalue weighted by Crippen LogP contribution is -2.34. The van der Waals surface area contributed by atoms with Crippen LogP contribution in [-0.2, 0) is 37.5 Å². The molecule has 0 heterocycles. The van der Waals surface area contributed by atoms with Crippen molar-refractivity contribution in [2.75, 3.05) is 19.8 Å². The van der Waals surface area contributed by atoms with Crippen molar-refractivity contribution in [2.24, 2.45) is 5.73 Å². The Hall–Kier alpha value is -2.04. The lowest BCUT2D eigenvalue weighted by atomic mass is 10.0. The maximum atomic E-state index is 12.7. The van der Waals surface area contributed by atoms with E-state index in [0.717, 1.165) is 57.8 Å². The standard InChI is InChI=1S/C47H88NO10P/c1-3-5-7-9-11-13-15-17-19-21-23-24-26-28-30-32-34-36-38-45(49)55-40-43(41-56-59(53,54)57-42-44(48)47(51)52)58-46(50)39-37-35-33-31-29-27-25-22-20-18-16-14-12-10-8-6-4-2/h12,14,18,20,43-44H,3-11,13,15-17,19,21-42,48H2,1-2H3,(H,51,52)(H,53,54)/b14-12-,20-18-/t43-,44+/m1/s1. The average molecular weight is 858 g/mol. The van der Waals surface area contributed by atoms with Gasteiger partial charge in [0.2, 0.25) is 0 Å². The van der Waals surface area contributed by atoms with E-state index in [2.05, 4.69) is 42.7 Å². The van der Waals surface area contributed by atoms with E-state index in [9.17, 15) is 23.8 Å². The zero-order valence-corrected chi connectivity index (χ0v) is 38.5. The summed E-state index contributed by atoms with van der Waals surface area (Å²) in [6, 6.07) is -1.52. The number of hydrogen-bond donors (Lipinski definition) is 3. The van der Waals surface area contributed by atoms with Crippen molar-refractivity contribution >= 4 is 25.7 Å². The first-order valence-electron chi connectivity index (χ1n) is 23.9. The molecule has 0 aliphatic heterocycles. The Morgan fingerprint density at radius 3 is 1.36 bits per heavy atom. The van der Waals surface area contributed by atoms with E-state index in [1.807, 2.05) is 0 Å². The Balaban J connectivity index is 4.28. The highest BCUT2D eigenvalue weighted by Gasteiger charge is 2.28. The number of phosphoric ester groups is 1. The summed E-state index contributed by atoms with van der Waals surface area (Å²) in [4.78, 5) is 46.1. The van der Waals surface area contributed by atoms with E-state index in [4.69, 9.17) is 24.8 Å². The van der Waals surface area contributed by atoms with E-state index < -0.39 is 51.1 Å². The Morgan fingerprint density at radius 1 is 0.525 bits per heavy atom. The molecule has 59 heavy (non-hydrogen) atoms. The van der Waals surface area contributed by atoms with Crippen molar-refractivity contribution in [3.63, 3.8) is 0 Å². The van der Waals surface area contributed by atoms with Crippen LogP contribution in [0.4, 0.5) is 0 Å². The second kappa shape index (κ2) is 42.6. The van der Waals surface area contributed by atoms with E-state index in [1.54, 1.807) is 0 Å². The minimum Gasteiger partial charge on any atom is -0.480 e. The topological polar surface area (TPSA) is 172 Å². The number of ether oxygens (including phenoxy) is 2. The first-order valence-corrected chi connectivity index (χ1v) is 25.4. The Kier molecular flexibility index (Phi) is 41.2. The van der Waals surface area contributed by atoms with Crippen molar-refractivity contribution in [2.45, 2.75) is 238 Å². The van der Waals surface area contributed by atoms with Gasteiger partial charge in [-0.3, -0.25) is 23.4 Å². The second-order valence-electron chi connectivity index (χ2n) is 16.2. The summed E-state index contributed by atoms with van der Waals surface area (Å²) >= 11 is 0. The molecule has 0 aromatic rings. The molecule has 12 heteroatoms. The molecular formula is C47H88NO10P. The van der Waals surface area contributed by atoms with Crippen LogP contribution in [0.3, 0.4) is 0 Å². The van der Waals surface area contributed by atoms with Crippen LogP contribution in [0.15, 0.2) is 24.3 Å².